The van der Waals surface area contributed by atoms with E-state index in [1.807, 2.05) is 11.0 Å². The minimum Gasteiger partial charge on any atom is -0.497 e. The third-order valence-electron chi connectivity index (χ3n) is 5.80. The van der Waals surface area contributed by atoms with Gasteiger partial charge in [0.25, 0.3) is 0 Å². The van der Waals surface area contributed by atoms with Crippen LogP contribution in [0.15, 0.2) is 28.8 Å². The van der Waals surface area contributed by atoms with Crippen molar-refractivity contribution in [2.75, 3.05) is 13.7 Å². The normalized spacial score (nSPS) is 20.0. The van der Waals surface area contributed by atoms with Crippen molar-refractivity contribution in [1.82, 2.24) is 15.2 Å². The minimum atomic E-state index is -0.0397. The highest BCUT2D eigenvalue weighted by atomic mass is 16.5. The number of carbonyl (C=O) groups is 1. The number of hydrogen-bond donors (Lipinski definition) is 1. The van der Waals surface area contributed by atoms with Crippen LogP contribution in [0.4, 0.5) is 4.79 Å². The van der Waals surface area contributed by atoms with E-state index in [1.54, 1.807) is 13.3 Å². The molecule has 1 aromatic heterocycles. The molecule has 1 aliphatic heterocycles. The van der Waals surface area contributed by atoms with Gasteiger partial charge >= 0.3 is 6.03 Å². The van der Waals surface area contributed by atoms with Crippen LogP contribution in [-0.2, 0) is 18.5 Å². The fraction of sp³-hybridized carbons (Fsp3) is 0.500. The lowest BCUT2D eigenvalue weighted by Gasteiger charge is -2.35. The largest absolute Gasteiger partial charge is 0.497 e. The van der Waals surface area contributed by atoms with Crippen molar-refractivity contribution in [3.63, 3.8) is 0 Å². The van der Waals surface area contributed by atoms with Gasteiger partial charge in [0.2, 0.25) is 0 Å². The fourth-order valence-electron chi connectivity index (χ4n) is 3.95. The molecule has 1 spiro atoms. The smallest absolute Gasteiger partial charge is 0.318 e. The Kier molecular flexibility index (Phi) is 3.48. The SMILES string of the molecule is COc1ccc2c(c1)C1(CC1)CN(C(=O)NCc1cnc(C3CC3)o1)C2. The molecule has 136 valence electrons. The van der Waals surface area contributed by atoms with E-state index in [9.17, 15) is 4.79 Å². The zero-order valence-electron chi connectivity index (χ0n) is 15.0. The molecule has 2 heterocycles. The van der Waals surface area contributed by atoms with E-state index in [4.69, 9.17) is 9.15 Å². The van der Waals surface area contributed by atoms with E-state index in [0.29, 0.717) is 19.0 Å². The number of nitrogens with zero attached hydrogens (tertiary/aromatic N) is 2. The van der Waals surface area contributed by atoms with Gasteiger partial charge in [0.05, 0.1) is 19.9 Å². The van der Waals surface area contributed by atoms with Gasteiger partial charge in [0.15, 0.2) is 5.89 Å². The number of hydrogen-bond acceptors (Lipinski definition) is 4. The molecule has 2 aliphatic carbocycles. The van der Waals surface area contributed by atoms with E-state index >= 15 is 0 Å². The summed E-state index contributed by atoms with van der Waals surface area (Å²) in [6.45, 7) is 1.79. The van der Waals surface area contributed by atoms with Gasteiger partial charge in [0, 0.05) is 24.4 Å². The molecule has 3 aliphatic rings. The number of oxazole rings is 1. The average Bonchev–Trinajstić information content (AvgIpc) is 3.60. The van der Waals surface area contributed by atoms with Crippen LogP contribution in [0, 0.1) is 0 Å². The van der Waals surface area contributed by atoms with Crippen molar-refractivity contribution >= 4 is 6.03 Å². The summed E-state index contributed by atoms with van der Waals surface area (Å²) in [7, 11) is 1.70. The van der Waals surface area contributed by atoms with Gasteiger partial charge in [-0.15, -0.1) is 0 Å². The van der Waals surface area contributed by atoms with Crippen LogP contribution >= 0.6 is 0 Å². The molecule has 1 N–H and O–H groups in total. The van der Waals surface area contributed by atoms with Crippen molar-refractivity contribution in [3.8, 4) is 5.75 Å². The number of ether oxygens (including phenoxy) is 1. The molecule has 5 rings (SSSR count). The summed E-state index contributed by atoms with van der Waals surface area (Å²) in [5, 5.41) is 2.99. The zero-order chi connectivity index (χ0) is 17.7. The summed E-state index contributed by atoms with van der Waals surface area (Å²) in [6.07, 6.45) is 6.31. The van der Waals surface area contributed by atoms with Crippen LogP contribution in [0.5, 0.6) is 5.75 Å². The minimum absolute atomic E-state index is 0.0397. The van der Waals surface area contributed by atoms with Crippen LogP contribution in [0.2, 0.25) is 0 Å². The number of rotatable bonds is 4. The second-order valence-corrected chi connectivity index (χ2v) is 7.76. The summed E-state index contributed by atoms with van der Waals surface area (Å²) >= 11 is 0. The maximum absolute atomic E-state index is 12.7. The van der Waals surface area contributed by atoms with Crippen LogP contribution in [0.1, 0.15) is 54.4 Å². The molecule has 0 bridgehead atoms. The molecular formula is C20H23N3O3. The summed E-state index contributed by atoms with van der Waals surface area (Å²) in [6, 6.07) is 6.17. The van der Waals surface area contributed by atoms with Crippen LogP contribution in [0.3, 0.4) is 0 Å². The Hall–Kier alpha value is -2.50. The highest BCUT2D eigenvalue weighted by Gasteiger charge is 2.50. The molecule has 6 heteroatoms. The van der Waals surface area contributed by atoms with Crippen LogP contribution in [-0.4, -0.2) is 29.6 Å². The number of carbonyl (C=O) groups excluding carboxylic acids is 1. The van der Waals surface area contributed by atoms with Gasteiger partial charge < -0.3 is 19.4 Å². The van der Waals surface area contributed by atoms with Crippen molar-refractivity contribution in [1.29, 1.82) is 0 Å². The number of urea groups is 1. The van der Waals surface area contributed by atoms with Crippen LogP contribution in [0.25, 0.3) is 0 Å². The fourth-order valence-corrected chi connectivity index (χ4v) is 3.95. The summed E-state index contributed by atoms with van der Waals surface area (Å²) in [4.78, 5) is 18.9. The molecule has 26 heavy (non-hydrogen) atoms. The van der Waals surface area contributed by atoms with E-state index < -0.39 is 0 Å². The van der Waals surface area contributed by atoms with Crippen molar-refractivity contribution in [2.24, 2.45) is 0 Å². The maximum Gasteiger partial charge on any atom is 0.318 e. The Morgan fingerprint density at radius 3 is 3.00 bits per heavy atom. The van der Waals surface area contributed by atoms with E-state index in [0.717, 1.165) is 49.6 Å². The first kappa shape index (κ1) is 15.7. The second kappa shape index (κ2) is 5.76. The van der Waals surface area contributed by atoms with Gasteiger partial charge in [0.1, 0.15) is 11.5 Å². The molecule has 0 radical (unpaired) electrons. The van der Waals surface area contributed by atoms with Crippen LogP contribution < -0.4 is 10.1 Å². The van der Waals surface area contributed by atoms with Gasteiger partial charge in [-0.25, -0.2) is 9.78 Å². The van der Waals surface area contributed by atoms with Gasteiger partial charge in [-0.1, -0.05) is 6.07 Å². The number of amides is 2. The lowest BCUT2D eigenvalue weighted by atomic mass is 9.87. The molecule has 0 unspecified atom stereocenters. The highest BCUT2D eigenvalue weighted by Crippen LogP contribution is 2.53. The lowest BCUT2D eigenvalue weighted by Crippen LogP contribution is -2.46. The van der Waals surface area contributed by atoms with Crippen molar-refractivity contribution in [2.45, 2.75) is 50.1 Å². The molecular weight excluding hydrogens is 330 g/mol. The Morgan fingerprint density at radius 2 is 2.27 bits per heavy atom. The third-order valence-corrected chi connectivity index (χ3v) is 5.80. The topological polar surface area (TPSA) is 67.6 Å². The number of fused-ring (bicyclic) bond motifs is 2. The number of methoxy groups -OCH3 is 1. The summed E-state index contributed by atoms with van der Waals surface area (Å²) in [5.41, 5.74) is 2.69. The first-order valence-electron chi connectivity index (χ1n) is 9.32. The Labute approximate surface area is 152 Å². The molecule has 0 saturated heterocycles. The average molecular weight is 353 g/mol. The quantitative estimate of drug-likeness (QED) is 0.916. The van der Waals surface area contributed by atoms with Crippen molar-refractivity contribution < 1.29 is 13.9 Å². The predicted octanol–water partition coefficient (Wildman–Crippen LogP) is 3.32. The van der Waals surface area contributed by atoms with E-state index in [-0.39, 0.29) is 11.4 Å². The highest BCUT2D eigenvalue weighted by molar-refractivity contribution is 5.75. The third kappa shape index (κ3) is 2.73. The molecule has 6 nitrogen and oxygen atoms in total. The number of aromatic nitrogens is 1. The first-order valence-corrected chi connectivity index (χ1v) is 9.32. The zero-order valence-corrected chi connectivity index (χ0v) is 15.0. The maximum atomic E-state index is 12.7. The van der Waals surface area contributed by atoms with Crippen molar-refractivity contribution in [3.05, 3.63) is 47.2 Å². The number of nitrogens with one attached hydrogen (secondary N) is 1. The molecule has 2 fully saturated rings. The number of benzene rings is 1. The predicted molar refractivity (Wildman–Crippen MR) is 95.0 cm³/mol. The lowest BCUT2D eigenvalue weighted by molar-refractivity contribution is 0.182. The van der Waals surface area contributed by atoms with Gasteiger partial charge in [-0.05, 0) is 48.9 Å². The van der Waals surface area contributed by atoms with E-state index in [2.05, 4.69) is 22.4 Å². The molecule has 1 aromatic carbocycles. The Bertz CT molecular complexity index is 852. The standard InChI is InChI=1S/C20H23N3O3/c1-25-15-5-4-14-11-23(12-20(6-7-20)17(14)8-15)19(24)22-10-16-9-21-18(26-16)13-2-3-13/h4-5,8-9,13H,2-3,6-7,10-12H2,1H3,(H,22,24). The summed E-state index contributed by atoms with van der Waals surface area (Å²) in [5.74, 6) is 2.92. The second-order valence-electron chi connectivity index (χ2n) is 7.76. The molecule has 2 amide bonds. The summed E-state index contributed by atoms with van der Waals surface area (Å²) < 4.78 is 11.1. The molecule has 2 aromatic rings. The Morgan fingerprint density at radius 1 is 1.42 bits per heavy atom. The molecule has 2 saturated carbocycles. The van der Waals surface area contributed by atoms with E-state index in [1.165, 1.54) is 11.1 Å². The van der Waals surface area contributed by atoms with Gasteiger partial charge in [-0.2, -0.15) is 0 Å². The Balaban J connectivity index is 1.27. The monoisotopic (exact) mass is 353 g/mol. The first-order chi connectivity index (χ1) is 12.7. The molecule has 0 atom stereocenters. The van der Waals surface area contributed by atoms with Gasteiger partial charge in [-0.3, -0.25) is 0 Å².